The van der Waals surface area contributed by atoms with E-state index in [1.54, 1.807) is 17.5 Å². The number of nitrogens with zero attached hydrogens (tertiary/aromatic N) is 2. The molecule has 21 heavy (non-hydrogen) atoms. The Labute approximate surface area is 125 Å². The lowest BCUT2D eigenvalue weighted by Gasteiger charge is -2.14. The maximum atomic E-state index is 12.0. The summed E-state index contributed by atoms with van der Waals surface area (Å²) in [5, 5.41) is 3.87. The number of hydrogen-bond acceptors (Lipinski definition) is 5. The lowest BCUT2D eigenvalue weighted by Crippen LogP contribution is -2.26. The number of aromatic nitrogens is 2. The highest BCUT2D eigenvalue weighted by atomic mass is 32.1. The van der Waals surface area contributed by atoms with E-state index in [0.29, 0.717) is 11.5 Å². The Balaban J connectivity index is 1.90. The van der Waals surface area contributed by atoms with E-state index in [1.807, 2.05) is 32.9 Å². The van der Waals surface area contributed by atoms with Crippen molar-refractivity contribution < 1.29 is 9.21 Å². The van der Waals surface area contributed by atoms with E-state index in [2.05, 4.69) is 15.3 Å². The van der Waals surface area contributed by atoms with Crippen LogP contribution >= 0.6 is 11.3 Å². The lowest BCUT2D eigenvalue weighted by molar-refractivity contribution is -0.119. The third-order valence-electron chi connectivity index (χ3n) is 3.85. The van der Waals surface area contributed by atoms with Crippen molar-refractivity contribution in [2.24, 2.45) is 0 Å². The van der Waals surface area contributed by atoms with Crippen molar-refractivity contribution in [1.29, 1.82) is 0 Å². The Kier molecular flexibility index (Phi) is 2.34. The molecule has 5 nitrogen and oxygen atoms in total. The Morgan fingerprint density at radius 2 is 2.14 bits per heavy atom. The molecule has 0 atom stereocenters. The molecule has 0 fully saturated rings. The Bertz CT molecular complexity index is 892. The van der Waals surface area contributed by atoms with E-state index in [1.165, 1.54) is 0 Å². The Hall–Kier alpha value is -2.21. The van der Waals surface area contributed by atoms with Gasteiger partial charge in [-0.25, -0.2) is 9.97 Å². The zero-order valence-corrected chi connectivity index (χ0v) is 12.7. The van der Waals surface area contributed by atoms with Gasteiger partial charge < -0.3 is 9.73 Å². The van der Waals surface area contributed by atoms with Gasteiger partial charge in [-0.15, -0.1) is 11.3 Å². The van der Waals surface area contributed by atoms with Crippen molar-refractivity contribution in [3.8, 4) is 10.8 Å². The van der Waals surface area contributed by atoms with Crippen molar-refractivity contribution in [3.63, 3.8) is 0 Å². The highest BCUT2D eigenvalue weighted by molar-refractivity contribution is 7.14. The van der Waals surface area contributed by atoms with Crippen LogP contribution in [0.15, 0.2) is 22.7 Å². The molecular weight excluding hydrogens is 286 g/mol. The van der Waals surface area contributed by atoms with E-state index in [0.717, 1.165) is 26.7 Å². The summed E-state index contributed by atoms with van der Waals surface area (Å²) < 4.78 is 5.80. The molecule has 106 valence electrons. The molecule has 1 aliphatic rings. The second kappa shape index (κ2) is 3.92. The summed E-state index contributed by atoms with van der Waals surface area (Å²) in [6.45, 7) is 5.77. The second-order valence-corrected chi connectivity index (χ2v) is 6.94. The van der Waals surface area contributed by atoms with Gasteiger partial charge in [-0.1, -0.05) is 0 Å². The van der Waals surface area contributed by atoms with Crippen molar-refractivity contribution in [1.82, 2.24) is 9.97 Å². The highest BCUT2D eigenvalue weighted by Gasteiger charge is 2.39. The molecule has 6 heteroatoms. The largest absolute Gasteiger partial charge is 0.435 e. The highest BCUT2D eigenvalue weighted by Crippen LogP contribution is 2.40. The maximum Gasteiger partial charge on any atom is 0.239 e. The predicted octanol–water partition coefficient (Wildman–Crippen LogP) is 3.49. The molecule has 2 aromatic heterocycles. The minimum Gasteiger partial charge on any atom is -0.435 e. The van der Waals surface area contributed by atoms with Gasteiger partial charge in [0.2, 0.25) is 11.8 Å². The zero-order chi connectivity index (χ0) is 14.8. The third-order valence-corrected chi connectivity index (χ3v) is 4.75. The van der Waals surface area contributed by atoms with E-state index in [9.17, 15) is 4.79 Å². The summed E-state index contributed by atoms with van der Waals surface area (Å²) in [4.78, 5) is 21.6. The van der Waals surface area contributed by atoms with Gasteiger partial charge in [-0.3, -0.25) is 4.79 Å². The average molecular weight is 299 g/mol. The number of aryl methyl sites for hydroxylation is 1. The standard InChI is InChI=1S/C15H13N3O2S/c1-7-16-6-12(21-7)13-17-10-4-8-9(5-11(10)20-13)18-14(19)15(8,2)3/h4-6H,1-3H3,(H,18,19). The summed E-state index contributed by atoms with van der Waals surface area (Å²) >= 11 is 1.55. The summed E-state index contributed by atoms with van der Waals surface area (Å²) in [6.07, 6.45) is 1.77. The number of fused-ring (bicyclic) bond motifs is 2. The molecule has 3 heterocycles. The van der Waals surface area contributed by atoms with E-state index in [4.69, 9.17) is 4.42 Å². The number of oxazole rings is 1. The fourth-order valence-electron chi connectivity index (χ4n) is 2.56. The Morgan fingerprint density at radius 3 is 2.86 bits per heavy atom. The molecule has 0 spiro atoms. The number of nitrogens with one attached hydrogen (secondary N) is 1. The SMILES string of the molecule is Cc1ncc(-c2nc3cc4c(cc3o2)NC(=O)C4(C)C)s1. The van der Waals surface area contributed by atoms with Crippen molar-refractivity contribution in [2.45, 2.75) is 26.2 Å². The molecule has 0 unspecified atom stereocenters. The zero-order valence-electron chi connectivity index (χ0n) is 11.9. The summed E-state index contributed by atoms with van der Waals surface area (Å²) in [6, 6.07) is 3.78. The van der Waals surface area contributed by atoms with E-state index >= 15 is 0 Å². The first kappa shape index (κ1) is 12.5. The fourth-order valence-corrected chi connectivity index (χ4v) is 3.26. The number of carbonyl (C=O) groups is 1. The van der Waals surface area contributed by atoms with Crippen LogP contribution in [0, 0.1) is 6.92 Å². The molecule has 0 saturated heterocycles. The topological polar surface area (TPSA) is 68.0 Å². The van der Waals surface area contributed by atoms with Crippen LogP contribution in [0.2, 0.25) is 0 Å². The van der Waals surface area contributed by atoms with Crippen molar-refractivity contribution >= 4 is 34.0 Å². The van der Waals surface area contributed by atoms with Gasteiger partial charge in [-0.2, -0.15) is 0 Å². The second-order valence-electron chi connectivity index (χ2n) is 5.71. The molecule has 3 aromatic rings. The summed E-state index contributed by atoms with van der Waals surface area (Å²) in [5.74, 6) is 0.576. The van der Waals surface area contributed by atoms with Crippen molar-refractivity contribution in [2.75, 3.05) is 5.32 Å². The first-order valence-electron chi connectivity index (χ1n) is 6.64. The van der Waals surface area contributed by atoms with E-state index < -0.39 is 5.41 Å². The molecule has 1 aromatic carbocycles. The number of amides is 1. The molecule has 0 aliphatic carbocycles. The van der Waals surface area contributed by atoms with Crippen LogP contribution < -0.4 is 5.32 Å². The average Bonchev–Trinajstić information content (AvgIpc) is 3.07. The molecule has 1 N–H and O–H groups in total. The van der Waals surface area contributed by atoms with Gasteiger partial charge in [0.05, 0.1) is 16.6 Å². The number of benzene rings is 1. The van der Waals surface area contributed by atoms with Crippen LogP contribution in [0.4, 0.5) is 5.69 Å². The number of rotatable bonds is 1. The van der Waals surface area contributed by atoms with Crippen LogP contribution in [0.5, 0.6) is 0 Å². The van der Waals surface area contributed by atoms with Gasteiger partial charge in [0.15, 0.2) is 5.58 Å². The molecule has 1 amide bonds. The first-order chi connectivity index (χ1) is 9.95. The van der Waals surface area contributed by atoms with Crippen LogP contribution in [0.3, 0.4) is 0 Å². The quantitative estimate of drug-likeness (QED) is 0.747. The summed E-state index contributed by atoms with van der Waals surface area (Å²) in [5.41, 5.74) is 2.66. The van der Waals surface area contributed by atoms with Gasteiger partial charge in [0.1, 0.15) is 10.4 Å². The Morgan fingerprint density at radius 1 is 1.33 bits per heavy atom. The van der Waals surface area contributed by atoms with Gasteiger partial charge in [0, 0.05) is 11.8 Å². The van der Waals surface area contributed by atoms with Gasteiger partial charge >= 0.3 is 0 Å². The van der Waals surface area contributed by atoms with Crippen molar-refractivity contribution in [3.05, 3.63) is 28.9 Å². The minimum atomic E-state index is -0.538. The molecular formula is C15H13N3O2S. The number of hydrogen-bond donors (Lipinski definition) is 1. The van der Waals surface area contributed by atoms with E-state index in [-0.39, 0.29) is 5.91 Å². The van der Waals surface area contributed by atoms with Gasteiger partial charge in [-0.05, 0) is 32.4 Å². The monoisotopic (exact) mass is 299 g/mol. The molecule has 0 bridgehead atoms. The lowest BCUT2D eigenvalue weighted by atomic mass is 9.86. The number of carbonyl (C=O) groups excluding carboxylic acids is 1. The predicted molar refractivity (Wildman–Crippen MR) is 81.5 cm³/mol. The molecule has 0 saturated carbocycles. The van der Waals surface area contributed by atoms with Crippen LogP contribution in [-0.4, -0.2) is 15.9 Å². The van der Waals surface area contributed by atoms with Crippen LogP contribution in [-0.2, 0) is 10.2 Å². The molecule has 1 aliphatic heterocycles. The normalized spacial score (nSPS) is 16.2. The van der Waals surface area contributed by atoms with Gasteiger partial charge in [0.25, 0.3) is 0 Å². The molecule has 0 radical (unpaired) electrons. The smallest absolute Gasteiger partial charge is 0.239 e. The number of anilines is 1. The number of thiazole rings is 1. The maximum absolute atomic E-state index is 12.0. The minimum absolute atomic E-state index is 0.00320. The fraction of sp³-hybridized carbons (Fsp3) is 0.267. The van der Waals surface area contributed by atoms with Crippen LogP contribution in [0.25, 0.3) is 21.9 Å². The first-order valence-corrected chi connectivity index (χ1v) is 7.46. The summed E-state index contributed by atoms with van der Waals surface area (Å²) in [7, 11) is 0. The third kappa shape index (κ3) is 1.72. The molecule has 4 rings (SSSR count). The van der Waals surface area contributed by atoms with Crippen LogP contribution in [0.1, 0.15) is 24.4 Å².